The molecule has 0 fully saturated rings. The highest BCUT2D eigenvalue weighted by Crippen LogP contribution is 2.46. The van der Waals surface area contributed by atoms with Gasteiger partial charge in [-0.05, 0) is 41.8 Å². The summed E-state index contributed by atoms with van der Waals surface area (Å²) < 4.78 is 17.5. The fourth-order valence-electron chi connectivity index (χ4n) is 5.11. The maximum absolute atomic E-state index is 13.6. The maximum Gasteiger partial charge on any atom is 0.256 e. The SMILES string of the molecule is COc1cc(C(=O)Nc2sc3c(c2-c2nc4ccccc4s2)CCN(Cc2ccccc2)C3)cc(OC)c1OC.Cl. The topological polar surface area (TPSA) is 72.9 Å². The number of nitrogens with one attached hydrogen (secondary N) is 1. The molecule has 0 saturated carbocycles. The molecule has 0 bridgehead atoms. The standard InChI is InChI=1S/C31H29N3O4S2.ClH/c1-36-23-15-20(16-24(37-2)28(23)38-3)29(35)33-31-27(30-32-22-11-7-8-12-25(22)39-30)21-13-14-34(18-26(21)40-31)17-19-9-5-4-6-10-19;/h4-12,15-16H,13-14,17-18H2,1-3H3,(H,33,35);1H. The van der Waals surface area contributed by atoms with Crippen molar-refractivity contribution in [1.29, 1.82) is 0 Å². The molecule has 0 saturated heterocycles. The van der Waals surface area contributed by atoms with Crippen LogP contribution in [0, 0.1) is 0 Å². The first-order valence-electron chi connectivity index (χ1n) is 13.0. The summed E-state index contributed by atoms with van der Waals surface area (Å²) in [5, 5.41) is 4.94. The van der Waals surface area contributed by atoms with Gasteiger partial charge in [-0.2, -0.15) is 0 Å². The van der Waals surface area contributed by atoms with Gasteiger partial charge in [-0.1, -0.05) is 42.5 Å². The van der Waals surface area contributed by atoms with Gasteiger partial charge in [0.1, 0.15) is 10.0 Å². The number of para-hydroxylation sites is 1. The maximum atomic E-state index is 13.6. The van der Waals surface area contributed by atoms with E-state index in [4.69, 9.17) is 19.2 Å². The number of amides is 1. The monoisotopic (exact) mass is 607 g/mol. The lowest BCUT2D eigenvalue weighted by Gasteiger charge is -2.27. The summed E-state index contributed by atoms with van der Waals surface area (Å²) in [5.41, 5.74) is 4.98. The summed E-state index contributed by atoms with van der Waals surface area (Å²) in [5.74, 6) is 1.06. The van der Waals surface area contributed by atoms with Crippen LogP contribution in [-0.4, -0.2) is 43.7 Å². The Morgan fingerprint density at radius 3 is 2.34 bits per heavy atom. The molecule has 0 unspecified atom stereocenters. The Hall–Kier alpha value is -3.63. The number of thiazole rings is 1. The number of halogens is 1. The predicted molar refractivity (Wildman–Crippen MR) is 168 cm³/mol. The second-order valence-corrected chi connectivity index (χ2v) is 11.6. The summed E-state index contributed by atoms with van der Waals surface area (Å²) in [7, 11) is 4.62. The van der Waals surface area contributed by atoms with E-state index in [0.29, 0.717) is 22.8 Å². The zero-order chi connectivity index (χ0) is 27.6. The molecule has 1 aliphatic rings. The van der Waals surface area contributed by atoms with Crippen molar-refractivity contribution >= 4 is 56.2 Å². The van der Waals surface area contributed by atoms with E-state index < -0.39 is 0 Å². The van der Waals surface area contributed by atoms with Gasteiger partial charge >= 0.3 is 0 Å². The number of carbonyl (C=O) groups excluding carboxylic acids is 1. The van der Waals surface area contributed by atoms with Gasteiger partial charge in [-0.25, -0.2) is 4.98 Å². The first-order chi connectivity index (χ1) is 19.6. The summed E-state index contributed by atoms with van der Waals surface area (Å²) in [6.45, 7) is 2.66. The van der Waals surface area contributed by atoms with Crippen LogP contribution in [0.2, 0.25) is 0 Å². The number of methoxy groups -OCH3 is 3. The van der Waals surface area contributed by atoms with Gasteiger partial charge in [0, 0.05) is 35.6 Å². The molecule has 0 spiro atoms. The Balaban J connectivity index is 0.00000337. The second-order valence-electron chi connectivity index (χ2n) is 9.51. The average molecular weight is 608 g/mol. The van der Waals surface area contributed by atoms with Gasteiger partial charge in [-0.3, -0.25) is 9.69 Å². The van der Waals surface area contributed by atoms with E-state index in [9.17, 15) is 4.79 Å². The Kier molecular flexibility index (Phi) is 8.79. The van der Waals surface area contributed by atoms with E-state index in [1.54, 1.807) is 56.1 Å². The average Bonchev–Trinajstić information content (AvgIpc) is 3.57. The number of ether oxygens (including phenoxy) is 3. The van der Waals surface area contributed by atoms with Gasteiger partial charge in [0.05, 0.1) is 31.5 Å². The molecule has 7 nitrogen and oxygen atoms in total. The number of nitrogens with zero attached hydrogens (tertiary/aromatic N) is 2. The van der Waals surface area contributed by atoms with Crippen LogP contribution in [-0.2, 0) is 19.5 Å². The van der Waals surface area contributed by atoms with E-state index in [2.05, 4.69) is 40.5 Å². The number of hydrogen-bond donors (Lipinski definition) is 1. The molecule has 1 aliphatic heterocycles. The predicted octanol–water partition coefficient (Wildman–Crippen LogP) is 7.28. The Morgan fingerprint density at radius 1 is 0.951 bits per heavy atom. The van der Waals surface area contributed by atoms with Gasteiger partial charge in [0.2, 0.25) is 5.75 Å². The van der Waals surface area contributed by atoms with Crippen molar-refractivity contribution in [3.63, 3.8) is 0 Å². The number of fused-ring (bicyclic) bond motifs is 2. The first kappa shape index (κ1) is 28.9. The van der Waals surface area contributed by atoms with Crippen LogP contribution in [0.3, 0.4) is 0 Å². The third-order valence-electron chi connectivity index (χ3n) is 7.05. The number of benzene rings is 3. The van der Waals surface area contributed by atoms with Crippen molar-refractivity contribution in [2.75, 3.05) is 33.2 Å². The second kappa shape index (κ2) is 12.5. The molecule has 2 aromatic heterocycles. The Bertz CT molecular complexity index is 1630. The minimum Gasteiger partial charge on any atom is -0.493 e. The lowest BCUT2D eigenvalue weighted by molar-refractivity contribution is 0.102. The van der Waals surface area contributed by atoms with Crippen LogP contribution in [0.4, 0.5) is 5.00 Å². The molecule has 0 atom stereocenters. The van der Waals surface area contributed by atoms with Crippen LogP contribution < -0.4 is 19.5 Å². The fraction of sp³-hybridized carbons (Fsp3) is 0.226. The first-order valence-corrected chi connectivity index (χ1v) is 14.6. The molecule has 41 heavy (non-hydrogen) atoms. The number of hydrogen-bond acceptors (Lipinski definition) is 8. The van der Waals surface area contributed by atoms with Gasteiger partial charge in [0.15, 0.2) is 11.5 Å². The number of carbonyl (C=O) groups is 1. The normalized spacial score (nSPS) is 12.9. The van der Waals surface area contributed by atoms with E-state index in [1.807, 2.05) is 24.3 Å². The van der Waals surface area contributed by atoms with E-state index >= 15 is 0 Å². The molecule has 5 aromatic rings. The zero-order valence-corrected chi connectivity index (χ0v) is 25.4. The van der Waals surface area contributed by atoms with Crippen molar-refractivity contribution in [2.45, 2.75) is 19.5 Å². The molecule has 212 valence electrons. The van der Waals surface area contributed by atoms with Gasteiger partial charge < -0.3 is 19.5 Å². The van der Waals surface area contributed by atoms with E-state index in [1.165, 1.54) is 16.0 Å². The summed E-state index contributed by atoms with van der Waals surface area (Å²) >= 11 is 3.30. The molecule has 10 heteroatoms. The van der Waals surface area contributed by atoms with Crippen LogP contribution in [0.5, 0.6) is 17.2 Å². The minimum absolute atomic E-state index is 0. The quantitative estimate of drug-likeness (QED) is 0.200. The molecule has 1 amide bonds. The summed E-state index contributed by atoms with van der Waals surface area (Å²) in [6, 6.07) is 22.0. The lowest BCUT2D eigenvalue weighted by atomic mass is 10.0. The highest BCUT2D eigenvalue weighted by atomic mass is 35.5. The fourth-order valence-corrected chi connectivity index (χ4v) is 7.51. The lowest BCUT2D eigenvalue weighted by Crippen LogP contribution is -2.29. The Labute approximate surface area is 253 Å². The van der Waals surface area contributed by atoms with Crippen LogP contribution in [0.1, 0.15) is 26.4 Å². The molecule has 0 radical (unpaired) electrons. The van der Waals surface area contributed by atoms with Crippen molar-refractivity contribution in [1.82, 2.24) is 9.88 Å². The number of anilines is 1. The molecule has 3 aromatic carbocycles. The highest BCUT2D eigenvalue weighted by molar-refractivity contribution is 7.23. The third kappa shape index (κ3) is 5.76. The van der Waals surface area contributed by atoms with E-state index in [0.717, 1.165) is 51.8 Å². The van der Waals surface area contributed by atoms with Crippen LogP contribution in [0.25, 0.3) is 20.8 Å². The molecule has 3 heterocycles. The summed E-state index contributed by atoms with van der Waals surface area (Å²) in [4.78, 5) is 22.3. The van der Waals surface area contributed by atoms with Gasteiger partial charge in [-0.15, -0.1) is 35.1 Å². The smallest absolute Gasteiger partial charge is 0.256 e. The van der Waals surface area contributed by atoms with Gasteiger partial charge in [0.25, 0.3) is 5.91 Å². The molecule has 0 aliphatic carbocycles. The molecule has 6 rings (SSSR count). The number of rotatable bonds is 8. The van der Waals surface area contributed by atoms with Crippen molar-refractivity contribution in [2.24, 2.45) is 0 Å². The van der Waals surface area contributed by atoms with Crippen molar-refractivity contribution in [3.8, 4) is 27.8 Å². The van der Waals surface area contributed by atoms with Crippen LogP contribution in [0.15, 0.2) is 66.7 Å². The summed E-state index contributed by atoms with van der Waals surface area (Å²) in [6.07, 6.45) is 0.893. The van der Waals surface area contributed by atoms with Crippen molar-refractivity contribution in [3.05, 3.63) is 88.3 Å². The number of thiophene rings is 1. The van der Waals surface area contributed by atoms with Crippen molar-refractivity contribution < 1.29 is 19.0 Å². The third-order valence-corrected chi connectivity index (χ3v) is 9.23. The van der Waals surface area contributed by atoms with E-state index in [-0.39, 0.29) is 18.3 Å². The highest BCUT2D eigenvalue weighted by Gasteiger charge is 2.28. The van der Waals surface area contributed by atoms with Crippen LogP contribution >= 0.6 is 35.1 Å². The molecular weight excluding hydrogens is 578 g/mol. The molecular formula is C31H30ClN3O4S2. The number of aromatic nitrogens is 1. The Morgan fingerprint density at radius 2 is 1.66 bits per heavy atom. The zero-order valence-electron chi connectivity index (χ0n) is 22.9. The molecule has 1 N–H and O–H groups in total. The largest absolute Gasteiger partial charge is 0.493 e. The minimum atomic E-state index is -0.249.